The molecule has 4 heteroatoms. The number of carbonyl (C=O) groups is 1. The number of nitrogens with zero attached hydrogens (tertiary/aromatic N) is 2. The van der Waals surface area contributed by atoms with Gasteiger partial charge < -0.3 is 14.5 Å². The molecule has 1 spiro atoms. The fraction of sp³-hybridized carbons (Fsp3) is 0.588. The van der Waals surface area contributed by atoms with Gasteiger partial charge in [0.05, 0.1) is 12.6 Å². The van der Waals surface area contributed by atoms with Crippen molar-refractivity contribution in [3.05, 3.63) is 29.8 Å². The van der Waals surface area contributed by atoms with Crippen LogP contribution >= 0.6 is 0 Å². The number of methoxy groups -OCH3 is 1. The van der Waals surface area contributed by atoms with Crippen LogP contribution in [0.2, 0.25) is 0 Å². The summed E-state index contributed by atoms with van der Waals surface area (Å²) in [6, 6.07) is 8.02. The molecule has 1 aromatic carbocycles. The second kappa shape index (κ2) is 5.34. The van der Waals surface area contributed by atoms with Crippen molar-refractivity contribution in [3.63, 3.8) is 0 Å². The van der Waals surface area contributed by atoms with Gasteiger partial charge in [-0.2, -0.15) is 0 Å². The van der Waals surface area contributed by atoms with Gasteiger partial charge in [-0.1, -0.05) is 0 Å². The van der Waals surface area contributed by atoms with Crippen molar-refractivity contribution in [3.8, 4) is 5.75 Å². The molecule has 2 aliphatic rings. The van der Waals surface area contributed by atoms with E-state index in [4.69, 9.17) is 4.74 Å². The maximum atomic E-state index is 12.6. The van der Waals surface area contributed by atoms with Crippen LogP contribution in [-0.4, -0.2) is 54.0 Å². The highest BCUT2D eigenvalue weighted by Crippen LogP contribution is 2.43. The molecule has 1 aromatic rings. The largest absolute Gasteiger partial charge is 0.497 e. The molecule has 0 saturated carbocycles. The van der Waals surface area contributed by atoms with Crippen LogP contribution in [0.3, 0.4) is 0 Å². The lowest BCUT2D eigenvalue weighted by Crippen LogP contribution is -2.43. The van der Waals surface area contributed by atoms with Gasteiger partial charge in [0, 0.05) is 31.2 Å². The zero-order valence-electron chi connectivity index (χ0n) is 13.1. The summed E-state index contributed by atoms with van der Waals surface area (Å²) >= 11 is 0. The van der Waals surface area contributed by atoms with Crippen molar-refractivity contribution in [2.45, 2.75) is 38.3 Å². The van der Waals surface area contributed by atoms with Crippen molar-refractivity contribution in [1.82, 2.24) is 9.80 Å². The first kappa shape index (κ1) is 14.4. The summed E-state index contributed by atoms with van der Waals surface area (Å²) in [4.78, 5) is 17.1. The van der Waals surface area contributed by atoms with Gasteiger partial charge >= 0.3 is 0 Å². The summed E-state index contributed by atoms with van der Waals surface area (Å²) in [5.41, 5.74) is 0.904. The predicted molar refractivity (Wildman–Crippen MR) is 82.7 cm³/mol. The summed E-state index contributed by atoms with van der Waals surface area (Å²) in [5.74, 6) is 0.952. The lowest BCUT2D eigenvalue weighted by Gasteiger charge is -2.34. The summed E-state index contributed by atoms with van der Waals surface area (Å²) < 4.78 is 5.14. The van der Waals surface area contributed by atoms with Crippen LogP contribution in [0, 0.1) is 0 Å². The molecule has 0 radical (unpaired) electrons. The first-order valence-corrected chi connectivity index (χ1v) is 7.76. The van der Waals surface area contributed by atoms with Crippen molar-refractivity contribution in [2.75, 3.05) is 26.7 Å². The van der Waals surface area contributed by atoms with E-state index < -0.39 is 0 Å². The van der Waals surface area contributed by atoms with Gasteiger partial charge in [-0.05, 0) is 51.0 Å². The molecule has 0 aliphatic carbocycles. The fourth-order valence-electron chi connectivity index (χ4n) is 3.32. The minimum Gasteiger partial charge on any atom is -0.497 e. The second-order valence-electron chi connectivity index (χ2n) is 6.47. The van der Waals surface area contributed by atoms with Crippen LogP contribution in [0.15, 0.2) is 24.3 Å². The summed E-state index contributed by atoms with van der Waals surface area (Å²) in [7, 11) is 1.64. The van der Waals surface area contributed by atoms with E-state index in [1.807, 2.05) is 29.2 Å². The van der Waals surface area contributed by atoms with E-state index in [1.54, 1.807) is 7.11 Å². The third-order valence-electron chi connectivity index (χ3n) is 4.96. The Hall–Kier alpha value is -1.55. The van der Waals surface area contributed by atoms with E-state index in [-0.39, 0.29) is 11.4 Å². The first-order chi connectivity index (χ1) is 10.1. The Balaban J connectivity index is 1.63. The Labute approximate surface area is 126 Å². The van der Waals surface area contributed by atoms with Gasteiger partial charge in [0.15, 0.2) is 0 Å². The quantitative estimate of drug-likeness (QED) is 0.801. The molecule has 0 N–H and O–H groups in total. The zero-order valence-corrected chi connectivity index (χ0v) is 13.1. The number of hydrogen-bond acceptors (Lipinski definition) is 3. The number of benzene rings is 1. The normalized spacial score (nSPS) is 20.9. The lowest BCUT2D eigenvalue weighted by molar-refractivity contribution is 0.0806. The Bertz CT molecular complexity index is 516. The minimum absolute atomic E-state index is 0.141. The highest BCUT2D eigenvalue weighted by molar-refractivity contribution is 5.96. The Morgan fingerprint density at radius 1 is 1.19 bits per heavy atom. The predicted octanol–water partition coefficient (Wildman–Crippen LogP) is 2.39. The van der Waals surface area contributed by atoms with Gasteiger partial charge in [0.2, 0.25) is 0 Å². The molecule has 21 heavy (non-hydrogen) atoms. The number of carbonyl (C=O) groups excluding carboxylic acids is 1. The number of ether oxygens (including phenoxy) is 1. The van der Waals surface area contributed by atoms with Gasteiger partial charge in [0.25, 0.3) is 5.91 Å². The van der Waals surface area contributed by atoms with E-state index in [2.05, 4.69) is 18.7 Å². The molecule has 114 valence electrons. The molecular weight excluding hydrogens is 264 g/mol. The molecule has 1 amide bonds. The highest BCUT2D eigenvalue weighted by Gasteiger charge is 2.55. The van der Waals surface area contributed by atoms with E-state index in [1.165, 1.54) is 0 Å². The van der Waals surface area contributed by atoms with Crippen LogP contribution in [-0.2, 0) is 0 Å². The topological polar surface area (TPSA) is 32.6 Å². The number of amides is 1. The van der Waals surface area contributed by atoms with E-state index in [0.717, 1.165) is 43.8 Å². The monoisotopic (exact) mass is 288 g/mol. The van der Waals surface area contributed by atoms with Crippen LogP contribution in [0.5, 0.6) is 5.75 Å². The summed E-state index contributed by atoms with van der Waals surface area (Å²) in [6.45, 7) is 7.61. The van der Waals surface area contributed by atoms with E-state index >= 15 is 0 Å². The van der Waals surface area contributed by atoms with Crippen LogP contribution in [0.4, 0.5) is 0 Å². The molecule has 0 unspecified atom stereocenters. The van der Waals surface area contributed by atoms with Crippen LogP contribution in [0.1, 0.15) is 37.0 Å². The van der Waals surface area contributed by atoms with Crippen LogP contribution in [0.25, 0.3) is 0 Å². The molecule has 2 fully saturated rings. The van der Waals surface area contributed by atoms with Gasteiger partial charge in [-0.15, -0.1) is 0 Å². The number of hydrogen-bond donors (Lipinski definition) is 0. The smallest absolute Gasteiger partial charge is 0.254 e. The van der Waals surface area contributed by atoms with Crippen LogP contribution < -0.4 is 4.74 Å². The van der Waals surface area contributed by atoms with Crippen molar-refractivity contribution < 1.29 is 9.53 Å². The number of likely N-dealkylation sites (tertiary alicyclic amines) is 1. The van der Waals surface area contributed by atoms with Gasteiger partial charge in [0.1, 0.15) is 5.75 Å². The molecule has 4 nitrogen and oxygen atoms in total. The van der Waals surface area contributed by atoms with Crippen molar-refractivity contribution in [2.24, 2.45) is 0 Å². The SMILES string of the molecule is COc1ccc(C(=O)N2CC23CCN(C(C)C)CC3)cc1. The minimum atomic E-state index is 0.141. The molecule has 2 heterocycles. The maximum absolute atomic E-state index is 12.6. The summed E-state index contributed by atoms with van der Waals surface area (Å²) in [5, 5.41) is 0. The van der Waals surface area contributed by atoms with Gasteiger partial charge in [-0.25, -0.2) is 0 Å². The standard InChI is InChI=1S/C17H24N2O2/c1-13(2)18-10-8-17(9-11-18)12-19(17)16(20)14-4-6-15(21-3)7-5-14/h4-7,13H,8-12H2,1-3H3. The van der Waals surface area contributed by atoms with Crippen molar-refractivity contribution in [1.29, 1.82) is 0 Å². The third kappa shape index (κ3) is 2.64. The molecule has 0 bridgehead atoms. The van der Waals surface area contributed by atoms with Gasteiger partial charge in [-0.3, -0.25) is 4.79 Å². The third-order valence-corrected chi connectivity index (χ3v) is 4.96. The highest BCUT2D eigenvalue weighted by atomic mass is 16.5. The second-order valence-corrected chi connectivity index (χ2v) is 6.47. The molecular formula is C17H24N2O2. The zero-order chi connectivity index (χ0) is 15.0. The number of piperidine rings is 1. The summed E-state index contributed by atoms with van der Waals surface area (Å²) in [6.07, 6.45) is 2.21. The maximum Gasteiger partial charge on any atom is 0.254 e. The van der Waals surface area contributed by atoms with E-state index in [0.29, 0.717) is 6.04 Å². The average molecular weight is 288 g/mol. The molecule has 2 aliphatic heterocycles. The molecule has 0 atom stereocenters. The van der Waals surface area contributed by atoms with Crippen molar-refractivity contribution >= 4 is 5.91 Å². The average Bonchev–Trinajstić information content (AvgIpc) is 3.20. The fourth-order valence-corrected chi connectivity index (χ4v) is 3.32. The first-order valence-electron chi connectivity index (χ1n) is 7.76. The molecule has 3 rings (SSSR count). The molecule has 0 aromatic heterocycles. The molecule has 2 saturated heterocycles. The number of rotatable bonds is 3. The Morgan fingerprint density at radius 3 is 2.33 bits per heavy atom. The van der Waals surface area contributed by atoms with E-state index in [9.17, 15) is 4.79 Å². The lowest BCUT2D eigenvalue weighted by atomic mass is 9.95. The Kier molecular flexibility index (Phi) is 3.66. The Morgan fingerprint density at radius 2 is 1.81 bits per heavy atom.